The Labute approximate surface area is 107 Å². The van der Waals surface area contributed by atoms with E-state index < -0.39 is 5.54 Å². The summed E-state index contributed by atoms with van der Waals surface area (Å²) in [5, 5.41) is 9.44. The minimum absolute atomic E-state index is 0.255. The third-order valence-electron chi connectivity index (χ3n) is 3.39. The molecule has 0 aromatic heterocycles. The Morgan fingerprint density at radius 3 is 2.78 bits per heavy atom. The van der Waals surface area contributed by atoms with Crippen LogP contribution in [0.5, 0.6) is 0 Å². The van der Waals surface area contributed by atoms with Gasteiger partial charge in [0.2, 0.25) is 0 Å². The molecule has 0 bridgehead atoms. The largest absolute Gasteiger partial charge is 0.379 e. The minimum Gasteiger partial charge on any atom is -0.379 e. The second-order valence-electron chi connectivity index (χ2n) is 4.79. The van der Waals surface area contributed by atoms with Gasteiger partial charge in [0.15, 0.2) is 0 Å². The maximum atomic E-state index is 13.2. The molecule has 0 saturated carbocycles. The highest BCUT2D eigenvalue weighted by Crippen LogP contribution is 2.22. The fraction of sp³-hybridized carbons (Fsp3) is 0.500. The van der Waals surface area contributed by atoms with Gasteiger partial charge in [-0.15, -0.1) is 0 Å². The van der Waals surface area contributed by atoms with E-state index in [-0.39, 0.29) is 5.82 Å². The van der Waals surface area contributed by atoms with Crippen molar-refractivity contribution >= 4 is 0 Å². The molecule has 0 amide bonds. The van der Waals surface area contributed by atoms with Gasteiger partial charge in [0.25, 0.3) is 0 Å². The molecule has 0 spiro atoms. The second kappa shape index (κ2) is 5.47. The summed E-state index contributed by atoms with van der Waals surface area (Å²) in [6.07, 6.45) is 0.529. The second-order valence-corrected chi connectivity index (χ2v) is 4.79. The number of rotatable bonds is 3. The van der Waals surface area contributed by atoms with Crippen molar-refractivity contribution in [2.24, 2.45) is 0 Å². The van der Waals surface area contributed by atoms with Gasteiger partial charge in [-0.25, -0.2) is 4.39 Å². The van der Waals surface area contributed by atoms with Gasteiger partial charge in [-0.3, -0.25) is 4.90 Å². The van der Waals surface area contributed by atoms with Crippen LogP contribution in [0.15, 0.2) is 24.3 Å². The van der Waals surface area contributed by atoms with Crippen LogP contribution in [0.2, 0.25) is 0 Å². The first-order valence-electron chi connectivity index (χ1n) is 6.12. The number of benzene rings is 1. The zero-order valence-corrected chi connectivity index (χ0v) is 10.5. The predicted octanol–water partition coefficient (Wildman–Crippen LogP) is 1.98. The van der Waals surface area contributed by atoms with Crippen molar-refractivity contribution in [3.63, 3.8) is 0 Å². The lowest BCUT2D eigenvalue weighted by molar-refractivity contribution is 0.00187. The van der Waals surface area contributed by atoms with E-state index in [0.29, 0.717) is 19.6 Å². The molecule has 0 N–H and O–H groups in total. The molecule has 1 unspecified atom stereocenters. The first-order valence-corrected chi connectivity index (χ1v) is 6.12. The van der Waals surface area contributed by atoms with Gasteiger partial charge >= 0.3 is 0 Å². The quantitative estimate of drug-likeness (QED) is 0.820. The average Bonchev–Trinajstić information content (AvgIpc) is 2.39. The van der Waals surface area contributed by atoms with Gasteiger partial charge in [0, 0.05) is 19.5 Å². The molecule has 1 aliphatic heterocycles. The minimum atomic E-state index is -0.600. The van der Waals surface area contributed by atoms with Crippen molar-refractivity contribution in [1.29, 1.82) is 5.26 Å². The number of hydrogen-bond acceptors (Lipinski definition) is 3. The van der Waals surface area contributed by atoms with Crippen LogP contribution in [-0.2, 0) is 11.2 Å². The number of nitrogens with zero attached hydrogens (tertiary/aromatic N) is 2. The van der Waals surface area contributed by atoms with Crippen molar-refractivity contribution < 1.29 is 9.13 Å². The van der Waals surface area contributed by atoms with Crippen LogP contribution < -0.4 is 0 Å². The number of nitriles is 1. The number of halogens is 1. The van der Waals surface area contributed by atoms with Crippen LogP contribution >= 0.6 is 0 Å². The zero-order chi connectivity index (χ0) is 13.0. The summed E-state index contributed by atoms with van der Waals surface area (Å²) in [5.41, 5.74) is 0.253. The molecule has 1 fully saturated rings. The summed E-state index contributed by atoms with van der Waals surface area (Å²) in [4.78, 5) is 2.11. The molecular formula is C14H17FN2O. The molecule has 18 heavy (non-hydrogen) atoms. The third-order valence-corrected chi connectivity index (χ3v) is 3.39. The maximum Gasteiger partial charge on any atom is 0.123 e. The molecule has 0 aliphatic carbocycles. The highest BCUT2D eigenvalue weighted by Gasteiger charge is 2.33. The summed E-state index contributed by atoms with van der Waals surface area (Å²) >= 11 is 0. The van der Waals surface area contributed by atoms with Gasteiger partial charge in [-0.05, 0) is 24.6 Å². The van der Waals surface area contributed by atoms with Crippen molar-refractivity contribution in [2.45, 2.75) is 18.9 Å². The Balaban J connectivity index is 2.15. The Hall–Kier alpha value is -1.44. The molecule has 1 atom stereocenters. The standard InChI is InChI=1S/C14H17FN2O/c1-14(11-16,17-5-7-18-8-6-17)10-12-3-2-4-13(15)9-12/h2-4,9H,5-8,10H2,1H3. The lowest BCUT2D eigenvalue weighted by Gasteiger charge is -2.38. The summed E-state index contributed by atoms with van der Waals surface area (Å²) in [7, 11) is 0. The molecule has 1 aromatic carbocycles. The fourth-order valence-electron chi connectivity index (χ4n) is 2.32. The predicted molar refractivity (Wildman–Crippen MR) is 66.5 cm³/mol. The van der Waals surface area contributed by atoms with Gasteiger partial charge in [0.05, 0.1) is 19.3 Å². The van der Waals surface area contributed by atoms with Gasteiger partial charge in [-0.1, -0.05) is 12.1 Å². The molecule has 4 heteroatoms. The highest BCUT2D eigenvalue weighted by atomic mass is 19.1. The maximum absolute atomic E-state index is 13.2. The highest BCUT2D eigenvalue weighted by molar-refractivity contribution is 5.22. The Kier molecular flexibility index (Phi) is 3.95. The summed E-state index contributed by atoms with van der Waals surface area (Å²) in [6.45, 7) is 4.71. The Bertz CT molecular complexity index is 451. The van der Waals surface area contributed by atoms with Gasteiger partial charge in [0.1, 0.15) is 11.4 Å². The van der Waals surface area contributed by atoms with Crippen LogP contribution in [-0.4, -0.2) is 36.7 Å². The fourth-order valence-corrected chi connectivity index (χ4v) is 2.32. The molecule has 1 saturated heterocycles. The molecule has 2 rings (SSSR count). The summed E-state index contributed by atoms with van der Waals surface area (Å²) in [6, 6.07) is 8.82. The Morgan fingerprint density at radius 1 is 1.44 bits per heavy atom. The van der Waals surface area contributed by atoms with Crippen molar-refractivity contribution in [3.05, 3.63) is 35.6 Å². The first-order chi connectivity index (χ1) is 8.64. The van der Waals surface area contributed by atoms with E-state index in [2.05, 4.69) is 11.0 Å². The third kappa shape index (κ3) is 2.87. The van der Waals surface area contributed by atoms with E-state index in [1.54, 1.807) is 6.07 Å². The number of ether oxygens (including phenoxy) is 1. The Morgan fingerprint density at radius 2 is 2.17 bits per heavy atom. The van der Waals surface area contributed by atoms with Crippen LogP contribution in [0.3, 0.4) is 0 Å². The number of morpholine rings is 1. The number of hydrogen-bond donors (Lipinski definition) is 0. The lowest BCUT2D eigenvalue weighted by Crippen LogP contribution is -2.52. The SMILES string of the molecule is CC(C#N)(Cc1cccc(F)c1)N1CCOCC1. The van der Waals surface area contributed by atoms with E-state index in [1.165, 1.54) is 12.1 Å². The van der Waals surface area contributed by atoms with E-state index >= 15 is 0 Å². The average molecular weight is 248 g/mol. The van der Waals surface area contributed by atoms with Gasteiger partial charge in [-0.2, -0.15) is 5.26 Å². The summed E-state index contributed by atoms with van der Waals surface area (Å²) < 4.78 is 18.5. The summed E-state index contributed by atoms with van der Waals surface area (Å²) in [5.74, 6) is -0.255. The molecule has 1 aliphatic rings. The van der Waals surface area contributed by atoms with E-state index in [9.17, 15) is 9.65 Å². The van der Waals surface area contributed by atoms with Crippen molar-refractivity contribution in [3.8, 4) is 6.07 Å². The molecule has 3 nitrogen and oxygen atoms in total. The molecule has 1 heterocycles. The first kappa shape index (κ1) is 13.0. The van der Waals surface area contributed by atoms with Crippen LogP contribution in [0.1, 0.15) is 12.5 Å². The van der Waals surface area contributed by atoms with Crippen LogP contribution in [0.25, 0.3) is 0 Å². The van der Waals surface area contributed by atoms with E-state index in [4.69, 9.17) is 4.74 Å². The van der Waals surface area contributed by atoms with Crippen LogP contribution in [0, 0.1) is 17.1 Å². The van der Waals surface area contributed by atoms with Crippen molar-refractivity contribution in [1.82, 2.24) is 4.90 Å². The topological polar surface area (TPSA) is 36.3 Å². The molecular weight excluding hydrogens is 231 g/mol. The van der Waals surface area contributed by atoms with Crippen molar-refractivity contribution in [2.75, 3.05) is 26.3 Å². The monoisotopic (exact) mass is 248 g/mol. The molecule has 96 valence electrons. The molecule has 1 aromatic rings. The van der Waals surface area contributed by atoms with E-state index in [0.717, 1.165) is 18.7 Å². The zero-order valence-electron chi connectivity index (χ0n) is 10.5. The normalized spacial score (nSPS) is 20.1. The molecule has 0 radical (unpaired) electrons. The smallest absolute Gasteiger partial charge is 0.123 e. The van der Waals surface area contributed by atoms with E-state index in [1.807, 2.05) is 13.0 Å². The van der Waals surface area contributed by atoms with Crippen LogP contribution in [0.4, 0.5) is 4.39 Å². The lowest BCUT2D eigenvalue weighted by atomic mass is 9.92. The van der Waals surface area contributed by atoms with Gasteiger partial charge < -0.3 is 4.74 Å².